The minimum Gasteiger partial charge on any atom is 0 e. The molecule has 0 aromatic carbocycles. The van der Waals surface area contributed by atoms with E-state index in [4.69, 9.17) is 18.7 Å². The smallest absolute Gasteiger partial charge is 0 e. The molecule has 2 saturated carbocycles. The summed E-state index contributed by atoms with van der Waals surface area (Å²) < 4.78 is 28.1. The van der Waals surface area contributed by atoms with Crippen LogP contribution in [0.5, 0.6) is 0 Å². The standard InChI is InChI=1S/C19H29O2.3CO.Re/c1-4-6-9-15(5-2)13-21-19(20)18-12-16-10-7-8-11-17(16)14(18)3;3*1-2;/h12,15H,4-11,13H2,1-3H3;;;;. The number of ether oxygens (including phenoxy) is 1. The number of rotatable bonds is 7. The molecular formula is C22H29O5Re. The van der Waals surface area contributed by atoms with Gasteiger partial charge >= 0.3 is 39.9 Å². The Bertz CT molecular complexity index is 432. The molecule has 0 N–H and O–H groups in total. The number of hydrogen-bond donors (Lipinski definition) is 0. The van der Waals surface area contributed by atoms with Gasteiger partial charge in [-0.1, -0.05) is 52.9 Å². The monoisotopic (exact) mass is 560 g/mol. The van der Waals surface area contributed by atoms with Crippen molar-refractivity contribution in [1.82, 2.24) is 0 Å². The van der Waals surface area contributed by atoms with E-state index in [2.05, 4.69) is 47.1 Å². The molecule has 0 aromatic heterocycles. The normalized spacial score (nSPS) is 17.6. The van der Waals surface area contributed by atoms with Crippen LogP contribution in [0.2, 0.25) is 0 Å². The molecule has 1 unspecified atom stereocenters. The van der Waals surface area contributed by atoms with Gasteiger partial charge in [0.25, 0.3) is 0 Å². The Balaban J connectivity index is -0.000000815. The Labute approximate surface area is 184 Å². The zero-order chi connectivity index (χ0) is 21.2. The molecule has 1 atom stereocenters. The third-order valence-electron chi connectivity index (χ3n) is 4.90. The predicted molar refractivity (Wildman–Crippen MR) is 97.5 cm³/mol. The summed E-state index contributed by atoms with van der Waals surface area (Å²) in [5.41, 5.74) is 0. The van der Waals surface area contributed by atoms with E-state index in [0.29, 0.717) is 12.5 Å². The van der Waals surface area contributed by atoms with Crippen LogP contribution in [0.25, 0.3) is 0 Å². The van der Waals surface area contributed by atoms with Crippen molar-refractivity contribution >= 4 is 5.97 Å². The van der Waals surface area contributed by atoms with Crippen LogP contribution in [0.1, 0.15) is 72.1 Å². The summed E-state index contributed by atoms with van der Waals surface area (Å²) in [4.78, 5) is 12.4. The molecule has 154 valence electrons. The van der Waals surface area contributed by atoms with Gasteiger partial charge in [0, 0.05) is 20.4 Å². The summed E-state index contributed by atoms with van der Waals surface area (Å²) in [7, 11) is 0. The van der Waals surface area contributed by atoms with Crippen LogP contribution in [0.3, 0.4) is 0 Å². The number of hydrogen-bond acceptors (Lipinski definition) is 2. The summed E-state index contributed by atoms with van der Waals surface area (Å²) in [5.74, 6) is 5.16. The largest absolute Gasteiger partial charge is 0 e. The number of carbonyl (C=O) groups is 1. The van der Waals surface area contributed by atoms with Crippen molar-refractivity contribution in [2.75, 3.05) is 6.61 Å². The fourth-order valence-corrected chi connectivity index (χ4v) is 3.34. The van der Waals surface area contributed by atoms with Crippen LogP contribution in [-0.4, -0.2) is 12.6 Å². The molecule has 0 aliphatic heterocycles. The summed E-state index contributed by atoms with van der Waals surface area (Å²) in [5, 5.41) is 0. The Hall–Kier alpha value is -0.648. The van der Waals surface area contributed by atoms with E-state index < -0.39 is 0 Å². The molecule has 0 saturated heterocycles. The van der Waals surface area contributed by atoms with Crippen molar-refractivity contribution in [3.63, 3.8) is 0 Å². The third kappa shape index (κ3) is 10.8. The first-order valence-corrected chi connectivity index (χ1v) is 9.23. The Kier molecular flexibility index (Phi) is 24.1. The zero-order valence-corrected chi connectivity index (χ0v) is 19.7. The fraction of sp³-hybridized carbons (Fsp3) is 0.591. The van der Waals surface area contributed by atoms with Crippen molar-refractivity contribution < 1.29 is 43.9 Å². The van der Waals surface area contributed by atoms with Gasteiger partial charge in [0.2, 0.25) is 0 Å². The van der Waals surface area contributed by atoms with Gasteiger partial charge in [-0.15, -0.1) is 0 Å². The molecule has 0 bridgehead atoms. The average Bonchev–Trinajstić information content (AvgIpc) is 3.09. The molecule has 0 heterocycles. The molecule has 2 aliphatic carbocycles. The molecule has 5 nitrogen and oxygen atoms in total. The Morgan fingerprint density at radius 3 is 2.18 bits per heavy atom. The fourth-order valence-electron chi connectivity index (χ4n) is 3.34. The van der Waals surface area contributed by atoms with Crippen LogP contribution in [0, 0.1) is 56.0 Å². The van der Waals surface area contributed by atoms with E-state index in [9.17, 15) is 4.79 Å². The average molecular weight is 560 g/mol. The predicted octanol–water partition coefficient (Wildman–Crippen LogP) is 4.74. The summed E-state index contributed by atoms with van der Waals surface area (Å²) >= 11 is 0. The summed E-state index contributed by atoms with van der Waals surface area (Å²) in [6, 6.07) is 0. The van der Waals surface area contributed by atoms with Crippen molar-refractivity contribution in [1.29, 1.82) is 0 Å². The van der Waals surface area contributed by atoms with Gasteiger partial charge in [-0.25, -0.2) is 0 Å². The van der Waals surface area contributed by atoms with Gasteiger partial charge in [-0.2, -0.15) is 0 Å². The first kappa shape index (κ1) is 32.0. The molecule has 2 aliphatic rings. The van der Waals surface area contributed by atoms with Crippen LogP contribution in [0.15, 0.2) is 0 Å². The van der Waals surface area contributed by atoms with E-state index in [-0.39, 0.29) is 26.4 Å². The molecular weight excluding hydrogens is 530 g/mol. The molecule has 6 heteroatoms. The Morgan fingerprint density at radius 1 is 1.11 bits per heavy atom. The van der Waals surface area contributed by atoms with Gasteiger partial charge in [-0.3, -0.25) is 4.79 Å². The van der Waals surface area contributed by atoms with E-state index in [0.717, 1.165) is 37.5 Å². The van der Waals surface area contributed by atoms with E-state index >= 15 is 0 Å². The van der Waals surface area contributed by atoms with Gasteiger partial charge in [-0.05, 0) is 49.4 Å². The summed E-state index contributed by atoms with van der Waals surface area (Å²) in [6.07, 6.45) is 11.5. The zero-order valence-electron chi connectivity index (χ0n) is 16.9. The van der Waals surface area contributed by atoms with Crippen molar-refractivity contribution in [2.24, 2.45) is 5.92 Å². The van der Waals surface area contributed by atoms with Crippen LogP contribution in [0.4, 0.5) is 0 Å². The van der Waals surface area contributed by atoms with Gasteiger partial charge in [0.05, 0.1) is 12.5 Å². The third-order valence-corrected chi connectivity index (χ3v) is 4.90. The SMILES string of the molecule is CCCCC(CC)COC(=O)[C]1[CH][C]2CCCC[C]2[C]1C.[C-]#[O+].[C-]#[O+].[C-]#[O+].[Re]. The van der Waals surface area contributed by atoms with E-state index in [1.807, 2.05) is 0 Å². The first-order valence-electron chi connectivity index (χ1n) is 9.23. The van der Waals surface area contributed by atoms with Crippen molar-refractivity contribution in [3.8, 4) is 0 Å². The van der Waals surface area contributed by atoms with E-state index in [1.165, 1.54) is 37.5 Å². The molecule has 0 aromatic rings. The second kappa shape index (κ2) is 21.1. The number of fused-ring (bicyclic) bond motifs is 1. The maximum absolute atomic E-state index is 12.4. The topological polar surface area (TPSA) is 86.0 Å². The molecule has 2 fully saturated rings. The van der Waals surface area contributed by atoms with Crippen LogP contribution < -0.4 is 0 Å². The molecule has 28 heavy (non-hydrogen) atoms. The quantitative estimate of drug-likeness (QED) is 0.256. The maximum atomic E-state index is 12.4. The molecule has 0 spiro atoms. The molecule has 0 amide bonds. The van der Waals surface area contributed by atoms with Gasteiger partial charge < -0.3 is 4.74 Å². The maximum Gasteiger partial charge on any atom is 0 e. The van der Waals surface area contributed by atoms with Crippen LogP contribution >= 0.6 is 0 Å². The second-order valence-electron chi connectivity index (χ2n) is 6.41. The Morgan fingerprint density at radius 2 is 1.68 bits per heavy atom. The minimum absolute atomic E-state index is 0. The van der Waals surface area contributed by atoms with Crippen LogP contribution in [-0.2, 0) is 43.9 Å². The van der Waals surface area contributed by atoms with Crippen molar-refractivity contribution in [2.45, 2.75) is 72.1 Å². The molecule has 2 rings (SSSR count). The summed E-state index contributed by atoms with van der Waals surface area (Å²) in [6.45, 7) is 20.5. The van der Waals surface area contributed by atoms with Gasteiger partial charge in [0.15, 0.2) is 0 Å². The van der Waals surface area contributed by atoms with Gasteiger partial charge in [0.1, 0.15) is 0 Å². The number of esters is 1. The second-order valence-corrected chi connectivity index (χ2v) is 6.41. The number of unbranched alkanes of at least 4 members (excludes halogenated alkanes) is 1. The van der Waals surface area contributed by atoms with Crippen molar-refractivity contribution in [3.05, 3.63) is 50.0 Å². The first-order chi connectivity index (χ1) is 13.2. The number of carbonyl (C=O) groups excluding carboxylic acids is 1. The molecule has 6 radical (unpaired) electrons. The minimum atomic E-state index is -0.114. The van der Waals surface area contributed by atoms with E-state index in [1.54, 1.807) is 0 Å².